The molecule has 3 amide bonds. The van der Waals surface area contributed by atoms with E-state index in [0.717, 1.165) is 12.5 Å². The van der Waals surface area contributed by atoms with Gasteiger partial charge in [-0.15, -0.1) is 0 Å². The van der Waals surface area contributed by atoms with Gasteiger partial charge in [0.1, 0.15) is 12.1 Å². The number of rotatable bonds is 12. The van der Waals surface area contributed by atoms with Crippen LogP contribution >= 0.6 is 0 Å². The molecule has 0 aliphatic rings. The van der Waals surface area contributed by atoms with Gasteiger partial charge in [-0.3, -0.25) is 14.4 Å². The van der Waals surface area contributed by atoms with Crippen LogP contribution in [0.2, 0.25) is 0 Å². The van der Waals surface area contributed by atoms with E-state index in [2.05, 4.69) is 10.6 Å². The number of carbonyl (C=O) groups is 4. The van der Waals surface area contributed by atoms with E-state index in [1.807, 2.05) is 5.32 Å². The molecule has 12 heteroatoms. The zero-order valence-electron chi connectivity index (χ0n) is 18.6. The minimum atomic E-state index is -1.68. The molecule has 7 atom stereocenters. The molecule has 184 valence electrons. The van der Waals surface area contributed by atoms with Crippen molar-refractivity contribution in [3.63, 3.8) is 0 Å². The van der Waals surface area contributed by atoms with E-state index >= 15 is 0 Å². The number of nitrogens with one attached hydrogen (secondary N) is 3. The van der Waals surface area contributed by atoms with Crippen LogP contribution in [-0.4, -0.2) is 86.6 Å². The van der Waals surface area contributed by atoms with Crippen LogP contribution in [0.15, 0.2) is 30.3 Å². The predicted molar refractivity (Wildman–Crippen MR) is 117 cm³/mol. The minimum absolute atomic E-state index is 0.176. The molecule has 33 heavy (non-hydrogen) atoms. The van der Waals surface area contributed by atoms with Crippen LogP contribution < -0.4 is 21.7 Å². The number of carboxylic acid groups (broad SMARTS) is 1. The first-order valence-corrected chi connectivity index (χ1v) is 10.3. The number of aliphatic hydroxyl groups is 3. The van der Waals surface area contributed by atoms with Crippen molar-refractivity contribution in [3.8, 4) is 0 Å². The molecule has 12 nitrogen and oxygen atoms in total. The van der Waals surface area contributed by atoms with Crippen molar-refractivity contribution in [3.05, 3.63) is 35.9 Å². The van der Waals surface area contributed by atoms with E-state index in [4.69, 9.17) is 10.8 Å². The zero-order valence-corrected chi connectivity index (χ0v) is 18.6. The molecule has 0 fully saturated rings. The maximum atomic E-state index is 12.7. The lowest BCUT2D eigenvalue weighted by molar-refractivity contribution is -0.146. The summed E-state index contributed by atoms with van der Waals surface area (Å²) in [5, 5.41) is 45.1. The maximum absolute atomic E-state index is 12.7. The zero-order chi connectivity index (χ0) is 25.3. The number of amides is 3. The summed E-state index contributed by atoms with van der Waals surface area (Å²) in [4.78, 5) is 48.8. The topological polar surface area (TPSA) is 211 Å². The first-order chi connectivity index (χ1) is 15.3. The Morgan fingerprint density at radius 1 is 0.758 bits per heavy atom. The van der Waals surface area contributed by atoms with E-state index in [-0.39, 0.29) is 6.42 Å². The van der Waals surface area contributed by atoms with Crippen LogP contribution in [0.4, 0.5) is 0 Å². The highest BCUT2D eigenvalue weighted by Crippen LogP contribution is 2.04. The van der Waals surface area contributed by atoms with E-state index in [9.17, 15) is 34.5 Å². The highest BCUT2D eigenvalue weighted by atomic mass is 16.4. The predicted octanol–water partition coefficient (Wildman–Crippen LogP) is -2.76. The second-order valence-electron chi connectivity index (χ2n) is 7.82. The van der Waals surface area contributed by atoms with Gasteiger partial charge in [0.25, 0.3) is 0 Å². The Hall–Kier alpha value is -3.06. The Morgan fingerprint density at radius 2 is 1.15 bits per heavy atom. The SMILES string of the molecule is CC(O)C(NC(=O)C(NC(=O)C(NC(=O)C(N)Cc1ccccc1)C(C)O)C(C)O)C(=O)O. The fourth-order valence-electron chi connectivity index (χ4n) is 2.91. The van der Waals surface area contributed by atoms with Crippen LogP contribution in [0.3, 0.4) is 0 Å². The Balaban J connectivity index is 2.88. The van der Waals surface area contributed by atoms with Gasteiger partial charge in [0.15, 0.2) is 6.04 Å². The van der Waals surface area contributed by atoms with Crippen molar-refractivity contribution in [2.75, 3.05) is 0 Å². The van der Waals surface area contributed by atoms with Gasteiger partial charge >= 0.3 is 5.97 Å². The molecule has 0 aliphatic carbocycles. The fraction of sp³-hybridized carbons (Fsp3) is 0.524. The summed E-state index contributed by atoms with van der Waals surface area (Å²) in [5.41, 5.74) is 6.69. The summed E-state index contributed by atoms with van der Waals surface area (Å²) in [6.07, 6.45) is -4.13. The molecule has 1 rings (SSSR count). The molecule has 7 unspecified atom stereocenters. The number of aliphatic hydroxyl groups excluding tert-OH is 3. The maximum Gasteiger partial charge on any atom is 0.328 e. The highest BCUT2D eigenvalue weighted by Gasteiger charge is 2.35. The van der Waals surface area contributed by atoms with Gasteiger partial charge < -0.3 is 42.1 Å². The third-order valence-electron chi connectivity index (χ3n) is 4.81. The number of aliphatic carboxylic acids is 1. The molecule has 0 aromatic heterocycles. The van der Waals surface area contributed by atoms with Crippen LogP contribution in [-0.2, 0) is 25.6 Å². The van der Waals surface area contributed by atoms with Crippen LogP contribution in [0, 0.1) is 0 Å². The van der Waals surface area contributed by atoms with E-state index in [0.29, 0.717) is 0 Å². The molecule has 0 aliphatic heterocycles. The van der Waals surface area contributed by atoms with Gasteiger partial charge in [0.2, 0.25) is 17.7 Å². The Kier molecular flexibility index (Phi) is 10.9. The normalized spacial score (nSPS) is 17.4. The highest BCUT2D eigenvalue weighted by molar-refractivity contribution is 5.94. The summed E-state index contributed by atoms with van der Waals surface area (Å²) in [6.45, 7) is 3.56. The molecule has 1 aromatic carbocycles. The van der Waals surface area contributed by atoms with Gasteiger partial charge in [-0.05, 0) is 32.8 Å². The lowest BCUT2D eigenvalue weighted by Crippen LogP contribution is -2.62. The number of carbonyl (C=O) groups excluding carboxylic acids is 3. The van der Waals surface area contributed by atoms with Crippen LogP contribution in [0.25, 0.3) is 0 Å². The smallest absolute Gasteiger partial charge is 0.328 e. The summed E-state index contributed by atoms with van der Waals surface area (Å²) < 4.78 is 0. The molecule has 0 saturated carbocycles. The van der Waals surface area contributed by atoms with E-state index in [1.54, 1.807) is 30.3 Å². The number of hydrogen-bond acceptors (Lipinski definition) is 8. The molecule has 0 heterocycles. The number of benzene rings is 1. The Morgan fingerprint density at radius 3 is 1.55 bits per heavy atom. The second-order valence-corrected chi connectivity index (χ2v) is 7.82. The van der Waals surface area contributed by atoms with E-state index in [1.165, 1.54) is 13.8 Å². The summed E-state index contributed by atoms with van der Waals surface area (Å²) in [5.74, 6) is -4.33. The standard InChI is InChI=1S/C21H32N4O8/c1-10(26)15(23-18(29)14(22)9-13-7-5-4-6-8-13)19(30)24-16(11(2)27)20(31)25-17(12(3)28)21(32)33/h4-8,10-12,14-17,26-28H,9,22H2,1-3H3,(H,23,29)(H,24,30)(H,25,31)(H,32,33). The van der Waals surface area contributed by atoms with Crippen molar-refractivity contribution in [1.82, 2.24) is 16.0 Å². The largest absolute Gasteiger partial charge is 0.480 e. The van der Waals surface area contributed by atoms with E-state index < -0.39 is 66.2 Å². The Bertz CT molecular complexity index is 816. The third kappa shape index (κ3) is 8.77. The molecular formula is C21H32N4O8. The quantitative estimate of drug-likeness (QED) is 0.159. The Labute approximate surface area is 191 Å². The van der Waals surface area contributed by atoms with Gasteiger partial charge in [-0.2, -0.15) is 0 Å². The molecule has 0 saturated heterocycles. The van der Waals surface area contributed by atoms with Gasteiger partial charge in [0.05, 0.1) is 24.4 Å². The molecular weight excluding hydrogens is 436 g/mol. The third-order valence-corrected chi connectivity index (χ3v) is 4.81. The lowest BCUT2D eigenvalue weighted by atomic mass is 10.0. The van der Waals surface area contributed by atoms with Crippen LogP contribution in [0.5, 0.6) is 0 Å². The van der Waals surface area contributed by atoms with Crippen molar-refractivity contribution in [2.45, 2.75) is 69.7 Å². The molecule has 1 aromatic rings. The fourth-order valence-corrected chi connectivity index (χ4v) is 2.91. The monoisotopic (exact) mass is 468 g/mol. The van der Waals surface area contributed by atoms with Crippen molar-refractivity contribution < 1.29 is 39.6 Å². The summed E-state index contributed by atoms with van der Waals surface area (Å²) in [6, 6.07) is 3.05. The van der Waals surface area contributed by atoms with Crippen molar-refractivity contribution in [1.29, 1.82) is 0 Å². The number of carboxylic acids is 1. The molecule has 0 radical (unpaired) electrons. The first kappa shape index (κ1) is 28.0. The van der Waals surface area contributed by atoms with Crippen LogP contribution in [0.1, 0.15) is 26.3 Å². The van der Waals surface area contributed by atoms with Crippen molar-refractivity contribution >= 4 is 23.7 Å². The number of nitrogens with two attached hydrogens (primary N) is 1. The lowest BCUT2D eigenvalue weighted by Gasteiger charge is -2.28. The van der Waals surface area contributed by atoms with Crippen molar-refractivity contribution in [2.24, 2.45) is 5.73 Å². The van der Waals surface area contributed by atoms with Gasteiger partial charge in [0, 0.05) is 0 Å². The average Bonchev–Trinajstić information content (AvgIpc) is 2.73. The molecule has 0 bridgehead atoms. The average molecular weight is 469 g/mol. The second kappa shape index (κ2) is 12.8. The summed E-state index contributed by atoms with van der Waals surface area (Å²) >= 11 is 0. The number of hydrogen-bond donors (Lipinski definition) is 8. The first-order valence-electron chi connectivity index (χ1n) is 10.3. The molecule has 9 N–H and O–H groups in total. The summed E-state index contributed by atoms with van der Waals surface area (Å²) in [7, 11) is 0. The van der Waals surface area contributed by atoms with Gasteiger partial charge in [-0.1, -0.05) is 30.3 Å². The molecule has 0 spiro atoms. The van der Waals surface area contributed by atoms with Gasteiger partial charge in [-0.25, -0.2) is 4.79 Å². The minimum Gasteiger partial charge on any atom is -0.480 e.